The second-order valence-corrected chi connectivity index (χ2v) is 4.59. The van der Waals surface area contributed by atoms with Crippen LogP contribution < -0.4 is 5.32 Å². The van der Waals surface area contributed by atoms with E-state index in [1.165, 1.54) is 0 Å². The third-order valence-corrected chi connectivity index (χ3v) is 3.35. The summed E-state index contributed by atoms with van der Waals surface area (Å²) in [5, 5.41) is 11.0. The number of likely N-dealkylation sites (tertiary alicyclic amines) is 1. The molecule has 0 spiro atoms. The fourth-order valence-electron chi connectivity index (χ4n) is 2.25. The van der Waals surface area contributed by atoms with Gasteiger partial charge in [-0.2, -0.15) is 0 Å². The van der Waals surface area contributed by atoms with Gasteiger partial charge in [0.2, 0.25) is 0 Å². The molecule has 20 heavy (non-hydrogen) atoms. The smallest absolute Gasteiger partial charge is 0.274 e. The molecular formula is C13H20N4O3. The normalized spacial score (nSPS) is 22.1. The molecule has 0 aliphatic carbocycles. The van der Waals surface area contributed by atoms with Crippen molar-refractivity contribution >= 4 is 11.7 Å². The van der Waals surface area contributed by atoms with Crippen LogP contribution in [0, 0.1) is 0 Å². The summed E-state index contributed by atoms with van der Waals surface area (Å²) in [5.41, 5.74) is 0.332. The molecule has 0 saturated carbocycles. The second kappa shape index (κ2) is 6.62. The molecule has 2 rings (SSSR count). The first-order valence-electron chi connectivity index (χ1n) is 6.62. The van der Waals surface area contributed by atoms with Gasteiger partial charge in [0.05, 0.1) is 0 Å². The molecule has 2 atom stereocenters. The highest BCUT2D eigenvalue weighted by molar-refractivity contribution is 5.92. The lowest BCUT2D eigenvalue weighted by molar-refractivity contribution is -0.00461. The fourth-order valence-corrected chi connectivity index (χ4v) is 2.25. The van der Waals surface area contributed by atoms with Gasteiger partial charge in [-0.3, -0.25) is 4.79 Å². The van der Waals surface area contributed by atoms with Gasteiger partial charge in [0.1, 0.15) is 18.0 Å². The zero-order valence-corrected chi connectivity index (χ0v) is 12.0. The highest BCUT2D eigenvalue weighted by atomic mass is 16.5. The second-order valence-electron chi connectivity index (χ2n) is 4.59. The molecule has 1 fully saturated rings. The van der Waals surface area contributed by atoms with Crippen molar-refractivity contribution in [3.05, 3.63) is 17.8 Å². The summed E-state index contributed by atoms with van der Waals surface area (Å²) >= 11 is 0. The molecule has 1 aliphatic heterocycles. The molecule has 110 valence electrons. The molecule has 2 heterocycles. The van der Waals surface area contributed by atoms with Crippen LogP contribution >= 0.6 is 0 Å². The zero-order valence-electron chi connectivity index (χ0n) is 12.0. The lowest BCUT2D eigenvalue weighted by atomic mass is 10.3. The molecule has 1 aliphatic rings. The molecule has 1 amide bonds. The van der Waals surface area contributed by atoms with Crippen LogP contribution in [-0.4, -0.2) is 67.1 Å². The molecule has 1 N–H and O–H groups in total. The molecule has 7 heteroatoms. The number of anilines is 1. The molecule has 2 unspecified atom stereocenters. The average molecular weight is 280 g/mol. The van der Waals surface area contributed by atoms with E-state index in [4.69, 9.17) is 9.47 Å². The number of hydrogen-bond acceptors (Lipinski definition) is 6. The van der Waals surface area contributed by atoms with Crippen LogP contribution in [0.15, 0.2) is 12.1 Å². The topological polar surface area (TPSA) is 76.6 Å². The number of nitrogens with one attached hydrogen (secondary N) is 1. The van der Waals surface area contributed by atoms with Crippen LogP contribution in [0.1, 0.15) is 17.4 Å². The number of ether oxygens (including phenoxy) is 2. The molecular weight excluding hydrogens is 260 g/mol. The summed E-state index contributed by atoms with van der Waals surface area (Å²) in [7, 11) is 3.24. The first-order chi connectivity index (χ1) is 9.69. The van der Waals surface area contributed by atoms with E-state index >= 15 is 0 Å². The Balaban J connectivity index is 2.04. The van der Waals surface area contributed by atoms with Crippen LogP contribution in [0.3, 0.4) is 0 Å². The van der Waals surface area contributed by atoms with Gasteiger partial charge in [-0.05, 0) is 19.1 Å². The minimum atomic E-state index is -0.151. The third kappa shape index (κ3) is 3.05. The van der Waals surface area contributed by atoms with Crippen molar-refractivity contribution in [2.45, 2.75) is 19.1 Å². The van der Waals surface area contributed by atoms with E-state index < -0.39 is 0 Å². The van der Waals surface area contributed by atoms with Crippen molar-refractivity contribution in [3.8, 4) is 0 Å². The summed E-state index contributed by atoms with van der Waals surface area (Å²) < 4.78 is 10.6. The summed E-state index contributed by atoms with van der Waals surface area (Å²) in [6.45, 7) is 3.74. The highest BCUT2D eigenvalue weighted by Gasteiger charge is 2.36. The van der Waals surface area contributed by atoms with Crippen molar-refractivity contribution in [1.82, 2.24) is 15.1 Å². The SMILES string of the molecule is CCNc1ccc(C(=O)N2CC(OC)C(OC)C2)nn1. The molecule has 0 aromatic carbocycles. The Morgan fingerprint density at radius 2 is 1.95 bits per heavy atom. The predicted octanol–water partition coefficient (Wildman–Crippen LogP) is 0.394. The zero-order chi connectivity index (χ0) is 14.5. The van der Waals surface area contributed by atoms with Crippen molar-refractivity contribution in [2.75, 3.05) is 39.2 Å². The van der Waals surface area contributed by atoms with Gasteiger partial charge in [-0.1, -0.05) is 0 Å². The number of nitrogens with zero attached hydrogens (tertiary/aromatic N) is 3. The third-order valence-electron chi connectivity index (χ3n) is 3.35. The number of carbonyl (C=O) groups excluding carboxylic acids is 1. The van der Waals surface area contributed by atoms with Gasteiger partial charge in [-0.15, -0.1) is 10.2 Å². The van der Waals surface area contributed by atoms with Crippen molar-refractivity contribution in [3.63, 3.8) is 0 Å². The summed E-state index contributed by atoms with van der Waals surface area (Å²) in [6.07, 6.45) is -0.198. The predicted molar refractivity (Wildman–Crippen MR) is 73.7 cm³/mol. The molecule has 1 aromatic heterocycles. The standard InChI is InChI=1S/C13H20N4O3/c1-4-14-12-6-5-9(15-16-12)13(18)17-7-10(19-2)11(8-17)20-3/h5-6,10-11H,4,7-8H2,1-3H3,(H,14,16). The first kappa shape index (κ1) is 14.7. The van der Waals surface area contributed by atoms with E-state index in [0.29, 0.717) is 24.6 Å². The lowest BCUT2D eigenvalue weighted by Crippen LogP contribution is -2.31. The van der Waals surface area contributed by atoms with E-state index in [1.807, 2.05) is 6.92 Å². The molecule has 1 saturated heterocycles. The van der Waals surface area contributed by atoms with Crippen molar-refractivity contribution in [2.24, 2.45) is 0 Å². The van der Waals surface area contributed by atoms with Crippen molar-refractivity contribution in [1.29, 1.82) is 0 Å². The summed E-state index contributed by atoms with van der Waals surface area (Å²) in [4.78, 5) is 14.0. The summed E-state index contributed by atoms with van der Waals surface area (Å²) in [6, 6.07) is 3.43. The van der Waals surface area contributed by atoms with Crippen LogP contribution in [0.25, 0.3) is 0 Å². The largest absolute Gasteiger partial charge is 0.377 e. The number of rotatable bonds is 5. The Kier molecular flexibility index (Phi) is 4.86. The quantitative estimate of drug-likeness (QED) is 0.841. The van der Waals surface area contributed by atoms with E-state index in [1.54, 1.807) is 31.3 Å². The Morgan fingerprint density at radius 1 is 1.30 bits per heavy atom. The monoisotopic (exact) mass is 280 g/mol. The Bertz CT molecular complexity index is 439. The van der Waals surface area contributed by atoms with Gasteiger partial charge < -0.3 is 19.7 Å². The van der Waals surface area contributed by atoms with Gasteiger partial charge >= 0.3 is 0 Å². The van der Waals surface area contributed by atoms with Gasteiger partial charge in [-0.25, -0.2) is 0 Å². The van der Waals surface area contributed by atoms with E-state index in [-0.39, 0.29) is 18.1 Å². The Labute approximate surface area is 118 Å². The number of carbonyl (C=O) groups is 1. The fraction of sp³-hybridized carbons (Fsp3) is 0.615. The van der Waals surface area contributed by atoms with Crippen LogP contribution in [-0.2, 0) is 9.47 Å². The first-order valence-corrected chi connectivity index (χ1v) is 6.62. The van der Waals surface area contributed by atoms with E-state index in [0.717, 1.165) is 6.54 Å². The maximum atomic E-state index is 12.3. The molecule has 0 radical (unpaired) electrons. The minimum Gasteiger partial charge on any atom is -0.377 e. The minimum absolute atomic E-state index is 0.0991. The summed E-state index contributed by atoms with van der Waals surface area (Å²) in [5.74, 6) is 0.511. The van der Waals surface area contributed by atoms with E-state index in [9.17, 15) is 4.79 Å². The van der Waals surface area contributed by atoms with Gasteiger partial charge in [0, 0.05) is 33.9 Å². The Morgan fingerprint density at radius 3 is 2.40 bits per heavy atom. The average Bonchev–Trinajstić information content (AvgIpc) is 2.91. The highest BCUT2D eigenvalue weighted by Crippen LogP contribution is 2.17. The maximum Gasteiger partial charge on any atom is 0.274 e. The van der Waals surface area contributed by atoms with Crippen molar-refractivity contribution < 1.29 is 14.3 Å². The Hall–Kier alpha value is -1.73. The van der Waals surface area contributed by atoms with Crippen LogP contribution in [0.4, 0.5) is 5.82 Å². The number of aromatic nitrogens is 2. The van der Waals surface area contributed by atoms with Gasteiger partial charge in [0.15, 0.2) is 5.69 Å². The number of amides is 1. The maximum absolute atomic E-state index is 12.3. The molecule has 1 aromatic rings. The number of hydrogen-bond donors (Lipinski definition) is 1. The van der Waals surface area contributed by atoms with Crippen LogP contribution in [0.2, 0.25) is 0 Å². The van der Waals surface area contributed by atoms with Crippen LogP contribution in [0.5, 0.6) is 0 Å². The lowest BCUT2D eigenvalue weighted by Gasteiger charge is -2.14. The van der Waals surface area contributed by atoms with E-state index in [2.05, 4.69) is 15.5 Å². The molecule has 7 nitrogen and oxygen atoms in total. The van der Waals surface area contributed by atoms with Gasteiger partial charge in [0.25, 0.3) is 5.91 Å². The molecule has 0 bridgehead atoms. The number of methoxy groups -OCH3 is 2.